The first-order valence-corrected chi connectivity index (χ1v) is 9.76. The van der Waals surface area contributed by atoms with Gasteiger partial charge in [0.25, 0.3) is 0 Å². The van der Waals surface area contributed by atoms with Gasteiger partial charge in [0, 0.05) is 10.4 Å². The van der Waals surface area contributed by atoms with Crippen molar-refractivity contribution in [2.75, 3.05) is 6.61 Å². The fourth-order valence-electron chi connectivity index (χ4n) is 2.79. The number of benzene rings is 2. The average Bonchev–Trinajstić information content (AvgIpc) is 3.19. The Kier molecular flexibility index (Phi) is 8.37. The molecule has 2 N–H and O–H groups in total. The fraction of sp³-hybridized carbons (Fsp3) is 0.227. The summed E-state index contributed by atoms with van der Waals surface area (Å²) < 4.78 is 5.83. The number of unbranched alkanes of at least 4 members (excludes halogenated alkanes) is 2. The summed E-state index contributed by atoms with van der Waals surface area (Å²) in [7, 11) is 0. The summed E-state index contributed by atoms with van der Waals surface area (Å²) in [6, 6.07) is 19.7. The van der Waals surface area contributed by atoms with Gasteiger partial charge in [-0.3, -0.25) is 4.79 Å². The van der Waals surface area contributed by atoms with Crippen LogP contribution in [-0.4, -0.2) is 12.5 Å². The molecule has 1 amide bonds. The van der Waals surface area contributed by atoms with Crippen LogP contribution in [0.3, 0.4) is 0 Å². The molecule has 1 aromatic heterocycles. The molecule has 0 saturated carbocycles. The number of thiophene rings is 1. The Labute approximate surface area is 170 Å². The fourth-order valence-corrected chi connectivity index (χ4v) is 3.54. The summed E-state index contributed by atoms with van der Waals surface area (Å²) in [6.07, 6.45) is 4.63. The van der Waals surface area contributed by atoms with Crippen molar-refractivity contribution in [3.63, 3.8) is 0 Å². The number of ether oxygens (including phenoxy) is 1. The van der Waals surface area contributed by atoms with Crippen LogP contribution in [0.4, 0.5) is 0 Å². The van der Waals surface area contributed by atoms with Crippen LogP contribution in [0.5, 0.6) is 5.75 Å². The smallest absolute Gasteiger partial charge is 0.248 e. The first-order valence-electron chi connectivity index (χ1n) is 8.88. The Hall–Kier alpha value is -2.30. The number of hydrogen-bond acceptors (Lipinski definition) is 3. The summed E-state index contributed by atoms with van der Waals surface area (Å²) >= 11 is 1.83. The molecule has 142 valence electrons. The van der Waals surface area contributed by atoms with Crippen LogP contribution in [0.15, 0.2) is 66.0 Å². The zero-order valence-corrected chi connectivity index (χ0v) is 16.7. The molecular weight excluding hydrogens is 378 g/mol. The SMILES string of the molecule is Cl.NC(=O)c1ccc(-c2ccc(OCCCCCc3cccs3)cc2)cc1. The lowest BCUT2D eigenvalue weighted by Gasteiger charge is -2.08. The first-order chi connectivity index (χ1) is 12.7. The third kappa shape index (κ3) is 6.42. The zero-order chi connectivity index (χ0) is 18.2. The molecule has 0 aliphatic heterocycles. The number of nitrogens with two attached hydrogens (primary N) is 1. The minimum Gasteiger partial charge on any atom is -0.494 e. The van der Waals surface area contributed by atoms with Gasteiger partial charge >= 0.3 is 0 Å². The van der Waals surface area contributed by atoms with Gasteiger partial charge in [0.1, 0.15) is 5.75 Å². The third-order valence-corrected chi connectivity index (χ3v) is 5.21. The highest BCUT2D eigenvalue weighted by molar-refractivity contribution is 7.09. The van der Waals surface area contributed by atoms with E-state index in [0.29, 0.717) is 5.56 Å². The molecule has 3 nitrogen and oxygen atoms in total. The van der Waals surface area contributed by atoms with E-state index in [2.05, 4.69) is 17.5 Å². The predicted octanol–water partition coefficient (Wildman–Crippen LogP) is 5.73. The summed E-state index contributed by atoms with van der Waals surface area (Å²) in [6.45, 7) is 0.747. The van der Waals surface area contributed by atoms with Crippen molar-refractivity contribution in [3.8, 4) is 16.9 Å². The summed E-state index contributed by atoms with van der Waals surface area (Å²) in [5.74, 6) is 0.483. The largest absolute Gasteiger partial charge is 0.494 e. The minimum atomic E-state index is -0.407. The van der Waals surface area contributed by atoms with E-state index in [0.717, 1.165) is 29.9 Å². The molecule has 0 bridgehead atoms. The molecule has 5 heteroatoms. The van der Waals surface area contributed by atoms with Crippen LogP contribution >= 0.6 is 23.7 Å². The third-order valence-electron chi connectivity index (χ3n) is 4.27. The van der Waals surface area contributed by atoms with E-state index in [9.17, 15) is 4.79 Å². The van der Waals surface area contributed by atoms with E-state index < -0.39 is 5.91 Å². The van der Waals surface area contributed by atoms with E-state index in [4.69, 9.17) is 10.5 Å². The molecule has 2 aromatic carbocycles. The van der Waals surface area contributed by atoms with Crippen LogP contribution < -0.4 is 10.5 Å². The molecule has 3 aromatic rings. The Balaban J connectivity index is 0.00000261. The molecule has 3 rings (SSSR count). The summed E-state index contributed by atoms with van der Waals surface area (Å²) in [5, 5.41) is 2.13. The molecule has 27 heavy (non-hydrogen) atoms. The Morgan fingerprint density at radius 3 is 2.15 bits per heavy atom. The number of halogens is 1. The molecule has 0 spiro atoms. The van der Waals surface area contributed by atoms with Gasteiger partial charge in [0.05, 0.1) is 6.61 Å². The van der Waals surface area contributed by atoms with E-state index in [1.807, 2.05) is 47.7 Å². The van der Waals surface area contributed by atoms with Crippen LogP contribution in [0.1, 0.15) is 34.5 Å². The van der Waals surface area contributed by atoms with Crippen LogP contribution in [0.2, 0.25) is 0 Å². The monoisotopic (exact) mass is 401 g/mol. The highest BCUT2D eigenvalue weighted by Gasteiger charge is 2.02. The Morgan fingerprint density at radius 2 is 1.56 bits per heavy atom. The van der Waals surface area contributed by atoms with E-state index in [-0.39, 0.29) is 12.4 Å². The lowest BCUT2D eigenvalue weighted by atomic mass is 10.0. The van der Waals surface area contributed by atoms with Gasteiger partial charge in [-0.2, -0.15) is 0 Å². The molecule has 0 atom stereocenters. The van der Waals surface area contributed by atoms with Crippen molar-refractivity contribution in [1.29, 1.82) is 0 Å². The topological polar surface area (TPSA) is 52.3 Å². The molecule has 0 saturated heterocycles. The normalized spacial score (nSPS) is 10.2. The lowest BCUT2D eigenvalue weighted by Crippen LogP contribution is -2.10. The maximum Gasteiger partial charge on any atom is 0.248 e. The van der Waals surface area contributed by atoms with Gasteiger partial charge in [-0.05, 0) is 72.5 Å². The van der Waals surface area contributed by atoms with Gasteiger partial charge in [0.15, 0.2) is 0 Å². The lowest BCUT2D eigenvalue weighted by molar-refractivity contribution is 0.100. The van der Waals surface area contributed by atoms with Gasteiger partial charge in [0.2, 0.25) is 5.91 Å². The maximum absolute atomic E-state index is 11.1. The highest BCUT2D eigenvalue weighted by Crippen LogP contribution is 2.23. The molecular formula is C22H24ClNO2S. The number of rotatable bonds is 9. The van der Waals surface area contributed by atoms with Crippen molar-refractivity contribution in [1.82, 2.24) is 0 Å². The molecule has 0 fully saturated rings. The van der Waals surface area contributed by atoms with E-state index >= 15 is 0 Å². The number of carbonyl (C=O) groups excluding carboxylic acids is 1. The van der Waals surface area contributed by atoms with Crippen molar-refractivity contribution in [2.45, 2.75) is 25.7 Å². The number of amides is 1. The van der Waals surface area contributed by atoms with Gasteiger partial charge < -0.3 is 10.5 Å². The van der Waals surface area contributed by atoms with Gasteiger partial charge in [-0.15, -0.1) is 23.7 Å². The second-order valence-electron chi connectivity index (χ2n) is 6.20. The van der Waals surface area contributed by atoms with Crippen LogP contribution in [0.25, 0.3) is 11.1 Å². The molecule has 0 radical (unpaired) electrons. The highest BCUT2D eigenvalue weighted by atomic mass is 35.5. The quantitative estimate of drug-likeness (QED) is 0.465. The van der Waals surface area contributed by atoms with Crippen molar-refractivity contribution in [3.05, 3.63) is 76.5 Å². The molecule has 0 unspecified atom stereocenters. The van der Waals surface area contributed by atoms with Gasteiger partial charge in [-0.25, -0.2) is 0 Å². The second kappa shape index (κ2) is 10.8. The molecule has 0 aliphatic carbocycles. The van der Waals surface area contributed by atoms with E-state index in [1.165, 1.54) is 24.1 Å². The van der Waals surface area contributed by atoms with Crippen LogP contribution in [-0.2, 0) is 6.42 Å². The van der Waals surface area contributed by atoms with E-state index in [1.54, 1.807) is 12.1 Å². The maximum atomic E-state index is 11.1. The summed E-state index contributed by atoms with van der Waals surface area (Å²) in [5.41, 5.74) is 7.93. The first kappa shape index (κ1) is 21.0. The Bertz CT molecular complexity index is 815. The Morgan fingerprint density at radius 1 is 0.889 bits per heavy atom. The number of primary amides is 1. The van der Waals surface area contributed by atoms with Crippen molar-refractivity contribution >= 4 is 29.7 Å². The molecule has 1 heterocycles. The van der Waals surface area contributed by atoms with Crippen molar-refractivity contribution in [2.24, 2.45) is 5.73 Å². The van der Waals surface area contributed by atoms with Crippen LogP contribution in [0, 0.1) is 0 Å². The minimum absolute atomic E-state index is 0. The zero-order valence-electron chi connectivity index (χ0n) is 15.1. The standard InChI is InChI=1S/C22H23NO2S.ClH/c23-22(24)19-9-7-17(8-10-19)18-11-13-20(14-12-18)25-15-3-1-2-5-21-6-4-16-26-21;/h4,6-14,16H,1-3,5,15H2,(H2,23,24);1H. The summed E-state index contributed by atoms with van der Waals surface area (Å²) in [4.78, 5) is 12.6. The second-order valence-corrected chi connectivity index (χ2v) is 7.24. The molecule has 0 aliphatic rings. The number of aryl methyl sites for hydroxylation is 1. The average molecular weight is 402 g/mol. The predicted molar refractivity (Wildman–Crippen MR) is 115 cm³/mol. The van der Waals surface area contributed by atoms with Crippen molar-refractivity contribution < 1.29 is 9.53 Å². The number of carbonyl (C=O) groups is 1. The van der Waals surface area contributed by atoms with Gasteiger partial charge in [-0.1, -0.05) is 30.3 Å². The number of hydrogen-bond donors (Lipinski definition) is 1.